The summed E-state index contributed by atoms with van der Waals surface area (Å²) >= 11 is 0. The number of pyridine rings is 1. The van der Waals surface area contributed by atoms with Crippen LogP contribution < -0.4 is 5.73 Å². The molecular weight excluding hydrogens is 457 g/mol. The van der Waals surface area contributed by atoms with Crippen molar-refractivity contribution in [3.8, 4) is 22.8 Å². The van der Waals surface area contributed by atoms with E-state index < -0.39 is 5.82 Å². The summed E-state index contributed by atoms with van der Waals surface area (Å²) in [6, 6.07) is 11.8. The van der Waals surface area contributed by atoms with E-state index in [0.717, 1.165) is 60.8 Å². The Bertz CT molecular complexity index is 1380. The van der Waals surface area contributed by atoms with Gasteiger partial charge in [0.25, 0.3) is 0 Å². The molecule has 0 unspecified atom stereocenters. The van der Waals surface area contributed by atoms with Crippen molar-refractivity contribution < 1.29 is 4.39 Å². The molecule has 0 radical (unpaired) electrons. The molecule has 3 aromatic heterocycles. The maximum absolute atomic E-state index is 15.0. The lowest BCUT2D eigenvalue weighted by Crippen LogP contribution is -2.44. The number of hydrogen-bond donors (Lipinski definition) is 1. The van der Waals surface area contributed by atoms with Crippen molar-refractivity contribution in [1.29, 1.82) is 0 Å². The average Bonchev–Trinajstić information content (AvgIpc) is 3.32. The Kier molecular flexibility index (Phi) is 6.71. The highest BCUT2D eigenvalue weighted by Crippen LogP contribution is 2.28. The van der Waals surface area contributed by atoms with Crippen molar-refractivity contribution in [2.24, 2.45) is 0 Å². The van der Waals surface area contributed by atoms with E-state index in [4.69, 9.17) is 10.7 Å². The van der Waals surface area contributed by atoms with Gasteiger partial charge in [-0.1, -0.05) is 29.5 Å². The molecule has 1 fully saturated rings. The molecule has 4 aromatic rings. The average molecular weight is 488 g/mol. The Morgan fingerprint density at radius 3 is 2.42 bits per heavy atom. The largest absolute Gasteiger partial charge is 0.381 e. The summed E-state index contributed by atoms with van der Waals surface area (Å²) in [6.07, 6.45) is 1.66. The standard InChI is InChI=1S/C26H30FN9/c1-17-6-4-9-21(18(17)2)26-30-24(23(27)25(28)31-26)22-16-36(33-32-22)15-20-8-5-7-19(29-20)14-35-12-10-34(3)11-13-35/h4-9,16H,10-15H2,1-3H3,(H2,28,30,31). The first kappa shape index (κ1) is 24.0. The zero-order valence-electron chi connectivity index (χ0n) is 20.8. The van der Waals surface area contributed by atoms with Crippen molar-refractivity contribution >= 4 is 5.82 Å². The summed E-state index contributed by atoms with van der Waals surface area (Å²) in [6.45, 7) is 9.42. The zero-order valence-corrected chi connectivity index (χ0v) is 20.8. The van der Waals surface area contributed by atoms with E-state index in [1.165, 1.54) is 0 Å². The second-order valence-corrected chi connectivity index (χ2v) is 9.34. The molecule has 36 heavy (non-hydrogen) atoms. The monoisotopic (exact) mass is 487 g/mol. The van der Waals surface area contributed by atoms with E-state index in [1.807, 2.05) is 50.2 Å². The van der Waals surface area contributed by atoms with Crippen molar-refractivity contribution in [2.75, 3.05) is 39.0 Å². The van der Waals surface area contributed by atoms with Crippen LogP contribution in [0.1, 0.15) is 22.5 Å². The van der Waals surface area contributed by atoms with Crippen molar-refractivity contribution in [1.82, 2.24) is 39.7 Å². The molecule has 186 valence electrons. The number of nitrogens with zero attached hydrogens (tertiary/aromatic N) is 8. The second kappa shape index (κ2) is 10.1. The SMILES string of the molecule is Cc1cccc(-c2nc(N)c(F)c(-c3cn(Cc4cccc(CN5CCN(C)CC5)n4)nn3)n2)c1C. The number of nitrogens with two attached hydrogens (primary N) is 1. The fourth-order valence-corrected chi connectivity index (χ4v) is 4.34. The first-order valence-corrected chi connectivity index (χ1v) is 12.0. The number of likely N-dealkylation sites (N-methyl/N-ethyl adjacent to an activating group) is 1. The summed E-state index contributed by atoms with van der Waals surface area (Å²) in [7, 11) is 2.15. The third-order valence-corrected chi connectivity index (χ3v) is 6.67. The van der Waals surface area contributed by atoms with Crippen LogP contribution in [-0.2, 0) is 13.1 Å². The van der Waals surface area contributed by atoms with E-state index in [-0.39, 0.29) is 11.5 Å². The lowest BCUT2D eigenvalue weighted by Gasteiger charge is -2.32. The molecule has 0 atom stereocenters. The molecule has 0 amide bonds. The molecule has 4 heterocycles. The number of aryl methyl sites for hydroxylation is 1. The number of nitrogen functional groups attached to an aromatic ring is 1. The van der Waals surface area contributed by atoms with Crippen LogP contribution in [0, 0.1) is 19.7 Å². The smallest absolute Gasteiger partial charge is 0.193 e. The van der Waals surface area contributed by atoms with Crippen LogP contribution in [0.25, 0.3) is 22.8 Å². The van der Waals surface area contributed by atoms with Crippen LogP contribution in [0.3, 0.4) is 0 Å². The van der Waals surface area contributed by atoms with Gasteiger partial charge >= 0.3 is 0 Å². The Morgan fingerprint density at radius 1 is 0.917 bits per heavy atom. The van der Waals surface area contributed by atoms with Gasteiger partial charge in [-0.15, -0.1) is 5.10 Å². The number of hydrogen-bond acceptors (Lipinski definition) is 8. The zero-order chi connectivity index (χ0) is 25.2. The summed E-state index contributed by atoms with van der Waals surface area (Å²) in [5.41, 5.74) is 11.0. The molecule has 10 heteroatoms. The summed E-state index contributed by atoms with van der Waals surface area (Å²) < 4.78 is 16.6. The van der Waals surface area contributed by atoms with E-state index in [9.17, 15) is 4.39 Å². The van der Waals surface area contributed by atoms with Crippen LogP contribution in [-0.4, -0.2) is 73.0 Å². The molecule has 5 rings (SSSR count). The lowest BCUT2D eigenvalue weighted by molar-refractivity contribution is 0.147. The molecule has 0 saturated carbocycles. The molecule has 0 aliphatic carbocycles. The highest BCUT2D eigenvalue weighted by molar-refractivity contribution is 5.67. The first-order valence-electron chi connectivity index (χ1n) is 12.0. The highest BCUT2D eigenvalue weighted by Gasteiger charge is 2.19. The van der Waals surface area contributed by atoms with Crippen LogP contribution in [0.15, 0.2) is 42.6 Å². The summed E-state index contributed by atoms with van der Waals surface area (Å²) in [4.78, 5) is 18.2. The molecule has 1 aliphatic heterocycles. The molecule has 9 nitrogen and oxygen atoms in total. The van der Waals surface area contributed by atoms with Crippen molar-refractivity contribution in [3.63, 3.8) is 0 Å². The molecule has 2 N–H and O–H groups in total. The summed E-state index contributed by atoms with van der Waals surface area (Å²) in [5.74, 6) is -0.565. The lowest BCUT2D eigenvalue weighted by atomic mass is 10.0. The van der Waals surface area contributed by atoms with Gasteiger partial charge in [-0.25, -0.2) is 19.0 Å². The van der Waals surface area contributed by atoms with E-state index >= 15 is 0 Å². The predicted molar refractivity (Wildman–Crippen MR) is 136 cm³/mol. The molecule has 1 saturated heterocycles. The number of benzene rings is 1. The van der Waals surface area contributed by atoms with Crippen LogP contribution in [0.5, 0.6) is 0 Å². The van der Waals surface area contributed by atoms with E-state index in [1.54, 1.807) is 10.9 Å². The molecule has 1 aliphatic rings. The maximum Gasteiger partial charge on any atom is 0.193 e. The van der Waals surface area contributed by atoms with Gasteiger partial charge in [-0.05, 0) is 44.2 Å². The Balaban J connectivity index is 1.36. The van der Waals surface area contributed by atoms with Gasteiger partial charge in [0.05, 0.1) is 24.1 Å². The normalized spacial score (nSPS) is 14.9. The van der Waals surface area contributed by atoms with Gasteiger partial charge < -0.3 is 10.6 Å². The van der Waals surface area contributed by atoms with Gasteiger partial charge in [-0.3, -0.25) is 9.88 Å². The minimum atomic E-state index is -0.705. The Hall–Kier alpha value is -3.76. The van der Waals surface area contributed by atoms with Crippen molar-refractivity contribution in [3.05, 3.63) is 70.9 Å². The summed E-state index contributed by atoms with van der Waals surface area (Å²) in [5, 5.41) is 8.36. The predicted octanol–water partition coefficient (Wildman–Crippen LogP) is 2.93. The maximum atomic E-state index is 15.0. The number of anilines is 1. The van der Waals surface area contributed by atoms with Gasteiger partial charge in [-0.2, -0.15) is 0 Å². The highest BCUT2D eigenvalue weighted by atomic mass is 19.1. The van der Waals surface area contributed by atoms with Gasteiger partial charge in [0.2, 0.25) is 0 Å². The van der Waals surface area contributed by atoms with Crippen LogP contribution >= 0.6 is 0 Å². The van der Waals surface area contributed by atoms with E-state index in [0.29, 0.717) is 18.1 Å². The second-order valence-electron chi connectivity index (χ2n) is 9.34. The molecule has 0 spiro atoms. The fourth-order valence-electron chi connectivity index (χ4n) is 4.34. The molecule has 0 bridgehead atoms. The number of halogens is 1. The van der Waals surface area contributed by atoms with Crippen LogP contribution in [0.4, 0.5) is 10.2 Å². The quantitative estimate of drug-likeness (QED) is 0.443. The third-order valence-electron chi connectivity index (χ3n) is 6.67. The Labute approximate surface area is 209 Å². The molecule has 1 aromatic carbocycles. The number of aromatic nitrogens is 6. The van der Waals surface area contributed by atoms with E-state index in [2.05, 4.69) is 37.1 Å². The minimum absolute atomic E-state index is 0.0291. The topological polar surface area (TPSA) is 102 Å². The Morgan fingerprint density at radius 2 is 1.64 bits per heavy atom. The van der Waals surface area contributed by atoms with Gasteiger partial charge in [0.1, 0.15) is 11.4 Å². The van der Waals surface area contributed by atoms with Gasteiger partial charge in [0.15, 0.2) is 17.5 Å². The fraction of sp³-hybridized carbons (Fsp3) is 0.346. The number of piperazine rings is 1. The van der Waals surface area contributed by atoms with Gasteiger partial charge in [0, 0.05) is 38.3 Å². The molecular formula is C26H30FN9. The third kappa shape index (κ3) is 5.09. The number of rotatable bonds is 6. The minimum Gasteiger partial charge on any atom is -0.381 e. The first-order chi connectivity index (χ1) is 17.4. The van der Waals surface area contributed by atoms with Crippen LogP contribution in [0.2, 0.25) is 0 Å². The van der Waals surface area contributed by atoms with Crippen molar-refractivity contribution in [2.45, 2.75) is 26.9 Å².